The summed E-state index contributed by atoms with van der Waals surface area (Å²) in [4.78, 5) is 21.6. The third-order valence-corrected chi connectivity index (χ3v) is 4.44. The molecule has 25 heavy (non-hydrogen) atoms. The van der Waals surface area contributed by atoms with Crippen LogP contribution in [-0.4, -0.2) is 74.9 Å². The van der Waals surface area contributed by atoms with Crippen LogP contribution in [0.4, 0.5) is 0 Å². The average molecular weight is 381 g/mol. The first-order valence-electron chi connectivity index (χ1n) is 10.1. The molecule has 0 spiro atoms. The normalized spacial score (nSPS) is 10.3. The Morgan fingerprint density at radius 2 is 1.04 bits per heavy atom. The Labute approximate surface area is 197 Å². The van der Waals surface area contributed by atoms with Crippen molar-refractivity contribution in [2.24, 2.45) is 0 Å². The van der Waals surface area contributed by atoms with Gasteiger partial charge in [-0.05, 0) is 6.42 Å². The van der Waals surface area contributed by atoms with Gasteiger partial charge in [0.05, 0.1) is 0 Å². The Kier molecular flexibility index (Phi) is 25.1. The number of aliphatic carboxylic acids is 1. The standard InChI is InChI=1S/C20H39NO3.K/c1-2-3-4-5-6-7-8-9-10-11-12-13-14-15-16-17-19(22)21-18-20(23)24;/h2-18H2,1H3,(H,21,22)(H,23,24);. The van der Waals surface area contributed by atoms with Gasteiger partial charge in [0.25, 0.3) is 0 Å². The minimum atomic E-state index is -0.986. The van der Waals surface area contributed by atoms with Crippen molar-refractivity contribution in [3.05, 3.63) is 0 Å². The molecule has 0 aliphatic heterocycles. The molecule has 2 N–H and O–H groups in total. The van der Waals surface area contributed by atoms with E-state index in [1.807, 2.05) is 0 Å². The van der Waals surface area contributed by atoms with Gasteiger partial charge in [-0.25, -0.2) is 0 Å². The topological polar surface area (TPSA) is 66.4 Å². The molecule has 0 aromatic heterocycles. The number of unbranched alkanes of at least 4 members (excludes halogenated alkanes) is 14. The molecule has 0 bridgehead atoms. The number of hydrogen-bond acceptors (Lipinski definition) is 2. The van der Waals surface area contributed by atoms with Crippen molar-refractivity contribution in [2.45, 2.75) is 110 Å². The van der Waals surface area contributed by atoms with E-state index in [1.165, 1.54) is 83.5 Å². The van der Waals surface area contributed by atoms with Gasteiger partial charge in [0, 0.05) is 57.8 Å². The maximum atomic E-state index is 11.3. The summed E-state index contributed by atoms with van der Waals surface area (Å²) in [6.07, 6.45) is 20.0. The van der Waals surface area contributed by atoms with Crippen LogP contribution in [0.15, 0.2) is 0 Å². The molecule has 0 aromatic rings. The van der Waals surface area contributed by atoms with Crippen LogP contribution in [0.25, 0.3) is 0 Å². The fraction of sp³-hybridized carbons (Fsp3) is 0.900. The van der Waals surface area contributed by atoms with Gasteiger partial charge in [-0.3, -0.25) is 9.59 Å². The molecule has 0 rings (SSSR count). The number of rotatable bonds is 18. The Bertz CT molecular complexity index is 311. The fourth-order valence-electron chi connectivity index (χ4n) is 2.92. The molecular formula is C20H39KNO3. The van der Waals surface area contributed by atoms with Crippen LogP contribution in [0.2, 0.25) is 0 Å². The van der Waals surface area contributed by atoms with E-state index in [2.05, 4.69) is 12.2 Å². The Morgan fingerprint density at radius 3 is 1.40 bits per heavy atom. The second-order valence-electron chi connectivity index (χ2n) is 6.87. The molecule has 1 amide bonds. The summed E-state index contributed by atoms with van der Waals surface area (Å²) in [6.45, 7) is 2.00. The molecule has 0 aliphatic carbocycles. The number of carboxylic acids is 1. The molecule has 0 saturated carbocycles. The molecule has 1 radical (unpaired) electrons. The summed E-state index contributed by atoms with van der Waals surface area (Å²) in [5.41, 5.74) is 0. The van der Waals surface area contributed by atoms with Gasteiger partial charge < -0.3 is 10.4 Å². The van der Waals surface area contributed by atoms with Crippen molar-refractivity contribution >= 4 is 63.3 Å². The second-order valence-corrected chi connectivity index (χ2v) is 6.87. The molecule has 5 heteroatoms. The fourth-order valence-corrected chi connectivity index (χ4v) is 2.92. The van der Waals surface area contributed by atoms with Crippen LogP contribution in [0, 0.1) is 0 Å². The van der Waals surface area contributed by atoms with Crippen molar-refractivity contribution in [3.8, 4) is 0 Å². The summed E-state index contributed by atoms with van der Waals surface area (Å²) < 4.78 is 0. The molecule has 0 aromatic carbocycles. The molecule has 0 aliphatic rings. The van der Waals surface area contributed by atoms with E-state index in [1.54, 1.807) is 0 Å². The van der Waals surface area contributed by atoms with Crippen molar-refractivity contribution in [1.82, 2.24) is 5.32 Å². The number of nitrogens with one attached hydrogen (secondary N) is 1. The largest absolute Gasteiger partial charge is 0.480 e. The van der Waals surface area contributed by atoms with Crippen molar-refractivity contribution in [1.29, 1.82) is 0 Å². The van der Waals surface area contributed by atoms with Crippen LogP contribution in [0.1, 0.15) is 110 Å². The molecular weight excluding hydrogens is 341 g/mol. The van der Waals surface area contributed by atoms with Crippen LogP contribution in [0.3, 0.4) is 0 Å². The summed E-state index contributed by atoms with van der Waals surface area (Å²) in [7, 11) is 0. The van der Waals surface area contributed by atoms with E-state index >= 15 is 0 Å². The van der Waals surface area contributed by atoms with Crippen LogP contribution >= 0.6 is 0 Å². The van der Waals surface area contributed by atoms with Crippen LogP contribution < -0.4 is 5.32 Å². The van der Waals surface area contributed by atoms with Gasteiger partial charge in [0.2, 0.25) is 5.91 Å². The second kappa shape index (κ2) is 22.6. The predicted molar refractivity (Wildman–Crippen MR) is 106 cm³/mol. The maximum absolute atomic E-state index is 11.3. The van der Waals surface area contributed by atoms with Crippen LogP contribution in [0.5, 0.6) is 0 Å². The molecule has 0 fully saturated rings. The van der Waals surface area contributed by atoms with Gasteiger partial charge in [-0.15, -0.1) is 0 Å². The zero-order valence-electron chi connectivity index (χ0n) is 16.8. The van der Waals surface area contributed by atoms with E-state index in [0.717, 1.165) is 12.8 Å². The Balaban J connectivity index is 0. The number of carbonyl (C=O) groups excluding carboxylic acids is 1. The van der Waals surface area contributed by atoms with Crippen molar-refractivity contribution < 1.29 is 14.7 Å². The van der Waals surface area contributed by atoms with E-state index < -0.39 is 5.97 Å². The first-order valence-corrected chi connectivity index (χ1v) is 10.1. The van der Waals surface area contributed by atoms with E-state index in [0.29, 0.717) is 6.42 Å². The van der Waals surface area contributed by atoms with Gasteiger partial charge >= 0.3 is 5.97 Å². The zero-order chi connectivity index (χ0) is 17.9. The number of hydrogen-bond donors (Lipinski definition) is 2. The molecule has 0 atom stereocenters. The summed E-state index contributed by atoms with van der Waals surface area (Å²) in [5.74, 6) is -1.13. The first-order chi connectivity index (χ1) is 11.7. The molecule has 0 heterocycles. The average Bonchev–Trinajstić information content (AvgIpc) is 2.56. The first kappa shape index (κ1) is 27.8. The van der Waals surface area contributed by atoms with Gasteiger partial charge in [-0.1, -0.05) is 96.8 Å². The third-order valence-electron chi connectivity index (χ3n) is 4.44. The SMILES string of the molecule is CCCCCCCCCCCCCCCCCC(=O)NCC(=O)O.[K]. The quantitative estimate of drug-likeness (QED) is 0.258. The Morgan fingerprint density at radius 1 is 0.680 bits per heavy atom. The van der Waals surface area contributed by atoms with Gasteiger partial charge in [-0.2, -0.15) is 0 Å². The van der Waals surface area contributed by atoms with Gasteiger partial charge in [0.1, 0.15) is 6.54 Å². The third kappa shape index (κ3) is 24.6. The number of carbonyl (C=O) groups is 2. The Hall–Kier alpha value is 0.576. The van der Waals surface area contributed by atoms with E-state index in [4.69, 9.17) is 5.11 Å². The molecule has 143 valence electrons. The molecule has 0 unspecified atom stereocenters. The monoisotopic (exact) mass is 380 g/mol. The van der Waals surface area contributed by atoms with Crippen molar-refractivity contribution in [3.63, 3.8) is 0 Å². The minimum Gasteiger partial charge on any atom is -0.480 e. The number of carboxylic acid groups (broad SMARTS) is 1. The summed E-state index contributed by atoms with van der Waals surface area (Å²) >= 11 is 0. The van der Waals surface area contributed by atoms with Crippen molar-refractivity contribution in [2.75, 3.05) is 6.54 Å². The maximum Gasteiger partial charge on any atom is 0.322 e. The summed E-state index contributed by atoms with van der Waals surface area (Å²) in [6, 6.07) is 0. The van der Waals surface area contributed by atoms with Gasteiger partial charge in [0.15, 0.2) is 0 Å². The van der Waals surface area contributed by atoms with E-state index in [9.17, 15) is 9.59 Å². The smallest absolute Gasteiger partial charge is 0.322 e. The minimum absolute atomic E-state index is 0. The number of amides is 1. The molecule has 0 saturated heterocycles. The predicted octanol–water partition coefficient (Wildman–Crippen LogP) is 5.07. The molecule has 4 nitrogen and oxygen atoms in total. The van der Waals surface area contributed by atoms with Crippen LogP contribution in [-0.2, 0) is 9.59 Å². The van der Waals surface area contributed by atoms with E-state index in [-0.39, 0.29) is 63.8 Å². The summed E-state index contributed by atoms with van der Waals surface area (Å²) in [5, 5.41) is 10.8. The zero-order valence-corrected chi connectivity index (χ0v) is 19.9.